The lowest BCUT2D eigenvalue weighted by atomic mass is 10.1. The number of methoxy groups -OCH3 is 1. The van der Waals surface area contributed by atoms with Crippen LogP contribution in [0, 0.1) is 5.82 Å². The van der Waals surface area contributed by atoms with E-state index in [4.69, 9.17) is 0 Å². The first-order valence-electron chi connectivity index (χ1n) is 8.06. The first-order valence-corrected chi connectivity index (χ1v) is 8.06. The van der Waals surface area contributed by atoms with Crippen LogP contribution in [0.2, 0.25) is 0 Å². The summed E-state index contributed by atoms with van der Waals surface area (Å²) in [6.45, 7) is -0.151. The second-order valence-electron chi connectivity index (χ2n) is 5.70. The summed E-state index contributed by atoms with van der Waals surface area (Å²) in [6.07, 6.45) is 2.91. The highest BCUT2D eigenvalue weighted by molar-refractivity contribution is 5.98. The monoisotopic (exact) mass is 370 g/mol. The van der Waals surface area contributed by atoms with Crippen LogP contribution in [-0.4, -0.2) is 43.4 Å². The van der Waals surface area contributed by atoms with E-state index in [1.54, 1.807) is 30.3 Å². The lowest BCUT2D eigenvalue weighted by molar-refractivity contribution is -0.129. The summed E-state index contributed by atoms with van der Waals surface area (Å²) < 4.78 is 17.5. The zero-order chi connectivity index (χ0) is 19.8. The minimum atomic E-state index is -0.437. The molecule has 0 aliphatic carbocycles. The molecule has 6 nitrogen and oxygen atoms in total. The molecule has 1 N–H and O–H groups in total. The highest BCUT2D eigenvalue weighted by atomic mass is 19.1. The number of likely N-dealkylation sites (N-methyl/N-ethyl adjacent to an activating group) is 1. The zero-order valence-electron chi connectivity index (χ0n) is 14.9. The van der Waals surface area contributed by atoms with Gasteiger partial charge >= 0.3 is 5.97 Å². The number of benzene rings is 2. The number of carbonyl (C=O) groups is 3. The molecular weight excluding hydrogens is 351 g/mol. The molecule has 2 amide bonds. The number of nitrogens with one attached hydrogen (secondary N) is 1. The third kappa shape index (κ3) is 6.07. The van der Waals surface area contributed by atoms with Gasteiger partial charge in [-0.25, -0.2) is 9.18 Å². The van der Waals surface area contributed by atoms with Crippen molar-refractivity contribution in [2.75, 3.05) is 26.0 Å². The molecule has 0 bridgehead atoms. The number of rotatable bonds is 6. The van der Waals surface area contributed by atoms with Gasteiger partial charge in [-0.3, -0.25) is 9.59 Å². The smallest absolute Gasteiger partial charge is 0.337 e. The van der Waals surface area contributed by atoms with E-state index in [0.717, 1.165) is 5.56 Å². The van der Waals surface area contributed by atoms with Gasteiger partial charge in [-0.05, 0) is 48.0 Å². The van der Waals surface area contributed by atoms with Gasteiger partial charge in [0.15, 0.2) is 0 Å². The van der Waals surface area contributed by atoms with E-state index in [1.807, 2.05) is 0 Å². The average Bonchev–Trinajstić information content (AvgIpc) is 2.67. The Balaban J connectivity index is 1.88. The summed E-state index contributed by atoms with van der Waals surface area (Å²) in [6, 6.07) is 11.9. The fraction of sp³-hybridized carbons (Fsp3) is 0.150. The second-order valence-corrected chi connectivity index (χ2v) is 5.70. The number of anilines is 1. The Morgan fingerprint density at radius 3 is 2.30 bits per heavy atom. The molecule has 0 heterocycles. The SMILES string of the molecule is COC(=O)c1ccc(/C=C/C(=O)N(C)CC(=O)Nc2ccc(F)cc2)cc1. The van der Waals surface area contributed by atoms with Gasteiger partial charge in [-0.1, -0.05) is 12.1 Å². The van der Waals surface area contributed by atoms with E-state index in [-0.39, 0.29) is 12.5 Å². The maximum Gasteiger partial charge on any atom is 0.337 e. The summed E-state index contributed by atoms with van der Waals surface area (Å²) in [5.41, 5.74) is 1.58. The number of ether oxygens (including phenoxy) is 1. The van der Waals surface area contributed by atoms with E-state index in [0.29, 0.717) is 11.3 Å². The highest BCUT2D eigenvalue weighted by Gasteiger charge is 2.11. The molecule has 0 radical (unpaired) electrons. The van der Waals surface area contributed by atoms with Crippen LogP contribution >= 0.6 is 0 Å². The van der Waals surface area contributed by atoms with Crippen LogP contribution in [-0.2, 0) is 14.3 Å². The minimum absolute atomic E-state index is 0.151. The van der Waals surface area contributed by atoms with Crippen LogP contribution in [0.25, 0.3) is 6.08 Å². The predicted molar refractivity (Wildman–Crippen MR) is 99.5 cm³/mol. The van der Waals surface area contributed by atoms with Gasteiger partial charge in [0.2, 0.25) is 11.8 Å². The van der Waals surface area contributed by atoms with Crippen LogP contribution in [0.5, 0.6) is 0 Å². The van der Waals surface area contributed by atoms with Crippen molar-refractivity contribution >= 4 is 29.5 Å². The lowest BCUT2D eigenvalue weighted by Crippen LogP contribution is -2.33. The van der Waals surface area contributed by atoms with Crippen LogP contribution in [0.15, 0.2) is 54.6 Å². The van der Waals surface area contributed by atoms with Crippen molar-refractivity contribution in [3.05, 3.63) is 71.6 Å². The number of halogens is 1. The van der Waals surface area contributed by atoms with Crippen LogP contribution < -0.4 is 5.32 Å². The van der Waals surface area contributed by atoms with E-state index < -0.39 is 17.7 Å². The van der Waals surface area contributed by atoms with Gasteiger partial charge in [0.1, 0.15) is 5.82 Å². The Morgan fingerprint density at radius 2 is 1.70 bits per heavy atom. The second kappa shape index (κ2) is 9.28. The van der Waals surface area contributed by atoms with Crippen molar-refractivity contribution in [2.24, 2.45) is 0 Å². The van der Waals surface area contributed by atoms with Gasteiger partial charge in [0.25, 0.3) is 0 Å². The molecule has 0 saturated carbocycles. The predicted octanol–water partition coefficient (Wildman–Crippen LogP) is 2.72. The molecule has 2 rings (SSSR count). The Kier molecular flexibility index (Phi) is 6.82. The first-order chi connectivity index (χ1) is 12.9. The topological polar surface area (TPSA) is 75.7 Å². The van der Waals surface area contributed by atoms with E-state index >= 15 is 0 Å². The number of nitrogens with zero attached hydrogens (tertiary/aromatic N) is 1. The van der Waals surface area contributed by atoms with Crippen LogP contribution in [0.1, 0.15) is 15.9 Å². The molecule has 0 unspecified atom stereocenters. The molecule has 0 spiro atoms. The maximum atomic E-state index is 12.8. The summed E-state index contributed by atoms with van der Waals surface area (Å²) in [7, 11) is 2.80. The van der Waals surface area contributed by atoms with Crippen molar-refractivity contribution in [1.82, 2.24) is 4.90 Å². The molecule has 27 heavy (non-hydrogen) atoms. The average molecular weight is 370 g/mol. The van der Waals surface area contributed by atoms with Crippen molar-refractivity contribution in [1.29, 1.82) is 0 Å². The summed E-state index contributed by atoms with van der Waals surface area (Å²) >= 11 is 0. The van der Waals surface area contributed by atoms with Gasteiger partial charge in [0, 0.05) is 18.8 Å². The van der Waals surface area contributed by atoms with Crippen molar-refractivity contribution in [2.45, 2.75) is 0 Å². The highest BCUT2D eigenvalue weighted by Crippen LogP contribution is 2.09. The molecule has 7 heteroatoms. The molecule has 0 atom stereocenters. The lowest BCUT2D eigenvalue weighted by Gasteiger charge is -2.14. The molecule has 0 fully saturated rings. The summed E-state index contributed by atoms with van der Waals surface area (Å²) in [4.78, 5) is 36.7. The van der Waals surface area contributed by atoms with E-state index in [9.17, 15) is 18.8 Å². The first kappa shape index (κ1) is 19.8. The molecule has 0 aliphatic heterocycles. The fourth-order valence-electron chi connectivity index (χ4n) is 2.17. The molecule has 0 aliphatic rings. The van der Waals surface area contributed by atoms with E-state index in [1.165, 1.54) is 49.4 Å². The summed E-state index contributed by atoms with van der Waals surface area (Å²) in [5.74, 6) is -1.59. The largest absolute Gasteiger partial charge is 0.465 e. The van der Waals surface area contributed by atoms with E-state index in [2.05, 4.69) is 10.1 Å². The number of amides is 2. The molecule has 140 valence electrons. The Hall–Kier alpha value is -3.48. The quantitative estimate of drug-likeness (QED) is 0.627. The van der Waals surface area contributed by atoms with Crippen molar-refractivity contribution in [3.63, 3.8) is 0 Å². The van der Waals surface area contributed by atoms with Gasteiger partial charge in [0.05, 0.1) is 19.2 Å². The maximum absolute atomic E-state index is 12.8. The Labute approximate surface area is 156 Å². The number of esters is 1. The molecule has 2 aromatic rings. The van der Waals surface area contributed by atoms with Gasteiger partial charge in [-0.15, -0.1) is 0 Å². The van der Waals surface area contributed by atoms with Crippen LogP contribution in [0.4, 0.5) is 10.1 Å². The molecule has 0 saturated heterocycles. The van der Waals surface area contributed by atoms with Crippen LogP contribution in [0.3, 0.4) is 0 Å². The van der Waals surface area contributed by atoms with Gasteiger partial charge in [-0.2, -0.15) is 0 Å². The Morgan fingerprint density at radius 1 is 1.07 bits per heavy atom. The minimum Gasteiger partial charge on any atom is -0.465 e. The normalized spacial score (nSPS) is 10.5. The molecule has 2 aromatic carbocycles. The standard InChI is InChI=1S/C20H19FN2O4/c1-23(13-18(24)22-17-10-8-16(21)9-11-17)19(25)12-5-14-3-6-15(7-4-14)20(26)27-2/h3-12H,13H2,1-2H3,(H,22,24)/b12-5+. The fourth-order valence-corrected chi connectivity index (χ4v) is 2.17. The zero-order valence-corrected chi connectivity index (χ0v) is 14.9. The van der Waals surface area contributed by atoms with Crippen molar-refractivity contribution in [3.8, 4) is 0 Å². The molecular formula is C20H19FN2O4. The van der Waals surface area contributed by atoms with Gasteiger partial charge < -0.3 is 15.0 Å². The third-order valence-corrected chi connectivity index (χ3v) is 3.64. The Bertz CT molecular complexity index is 845. The number of carbonyl (C=O) groups excluding carboxylic acids is 3. The third-order valence-electron chi connectivity index (χ3n) is 3.64. The van der Waals surface area contributed by atoms with Crippen molar-refractivity contribution < 1.29 is 23.5 Å². The molecule has 0 aromatic heterocycles. The number of hydrogen-bond donors (Lipinski definition) is 1. The summed E-state index contributed by atoms with van der Waals surface area (Å²) in [5, 5.41) is 2.58. The number of hydrogen-bond acceptors (Lipinski definition) is 4.